The minimum atomic E-state index is 0.858. The summed E-state index contributed by atoms with van der Waals surface area (Å²) in [6.07, 6.45) is 11.4. The maximum absolute atomic E-state index is 5.39. The number of benzene rings is 1. The minimum absolute atomic E-state index is 0.858. The summed E-state index contributed by atoms with van der Waals surface area (Å²) in [5.74, 6) is 0.858. The zero-order chi connectivity index (χ0) is 10.9. The van der Waals surface area contributed by atoms with Crippen molar-refractivity contribution in [3.05, 3.63) is 66.5 Å². The van der Waals surface area contributed by atoms with Crippen molar-refractivity contribution in [2.24, 2.45) is 0 Å². The maximum Gasteiger partial charge on any atom is 0.126 e. The highest BCUT2D eigenvalue weighted by atomic mass is 16.5. The number of ether oxygens (including phenoxy) is 1. The van der Waals surface area contributed by atoms with Crippen LogP contribution in [0.4, 0.5) is 0 Å². The van der Waals surface area contributed by atoms with Crippen LogP contribution in [0.5, 0.6) is 5.75 Å². The lowest BCUT2D eigenvalue weighted by molar-refractivity contribution is 0.481. The summed E-state index contributed by atoms with van der Waals surface area (Å²) in [4.78, 5) is 0. The summed E-state index contributed by atoms with van der Waals surface area (Å²) in [6.45, 7) is 4.04. The van der Waals surface area contributed by atoms with Crippen molar-refractivity contribution in [2.75, 3.05) is 0 Å². The Morgan fingerprint density at radius 3 is 2.27 bits per heavy atom. The number of rotatable bonds is 4. The standard InChI is InChI=1S/C14H16O/c1-3-4-5-6-7-12-15-14-10-8-13(2)9-11-14/h3-12H,1-2H3/b4-3-,6-5-,12-7+. The average Bonchev–Trinajstić information content (AvgIpc) is 2.26. The Labute approximate surface area is 91.4 Å². The fraction of sp³-hybridized carbons (Fsp3) is 0.143. The van der Waals surface area contributed by atoms with E-state index in [-0.39, 0.29) is 0 Å². The molecular formula is C14H16O. The molecule has 0 saturated carbocycles. The first kappa shape index (κ1) is 11.3. The van der Waals surface area contributed by atoms with E-state index in [1.807, 2.05) is 61.6 Å². The molecule has 0 bridgehead atoms. The molecule has 0 heterocycles. The van der Waals surface area contributed by atoms with Gasteiger partial charge in [-0.2, -0.15) is 0 Å². The second kappa shape index (κ2) is 6.66. The second-order valence-corrected chi connectivity index (χ2v) is 3.17. The molecule has 78 valence electrons. The van der Waals surface area contributed by atoms with Crippen molar-refractivity contribution >= 4 is 0 Å². The van der Waals surface area contributed by atoms with Gasteiger partial charge in [-0.05, 0) is 32.1 Å². The van der Waals surface area contributed by atoms with Crippen molar-refractivity contribution in [1.82, 2.24) is 0 Å². The van der Waals surface area contributed by atoms with Crippen LogP contribution in [0.3, 0.4) is 0 Å². The van der Waals surface area contributed by atoms with Crippen LogP contribution in [0, 0.1) is 6.92 Å². The van der Waals surface area contributed by atoms with E-state index in [2.05, 4.69) is 6.92 Å². The SMILES string of the molecule is C\C=C/C=C\C=C\Oc1ccc(C)cc1. The Bertz CT molecular complexity index is 355. The van der Waals surface area contributed by atoms with Gasteiger partial charge in [0.25, 0.3) is 0 Å². The molecule has 0 unspecified atom stereocenters. The molecule has 15 heavy (non-hydrogen) atoms. The Morgan fingerprint density at radius 1 is 0.933 bits per heavy atom. The molecule has 0 aliphatic rings. The Morgan fingerprint density at radius 2 is 1.60 bits per heavy atom. The molecule has 0 atom stereocenters. The molecule has 0 N–H and O–H groups in total. The minimum Gasteiger partial charge on any atom is -0.465 e. The van der Waals surface area contributed by atoms with Crippen LogP contribution in [-0.2, 0) is 0 Å². The molecular weight excluding hydrogens is 184 g/mol. The Hall–Kier alpha value is -1.76. The molecule has 0 saturated heterocycles. The van der Waals surface area contributed by atoms with Gasteiger partial charge in [0.2, 0.25) is 0 Å². The fourth-order valence-corrected chi connectivity index (χ4v) is 1.02. The van der Waals surface area contributed by atoms with Gasteiger partial charge in [-0.3, -0.25) is 0 Å². The normalized spacial score (nSPS) is 11.9. The Kier molecular flexibility index (Phi) is 5.02. The van der Waals surface area contributed by atoms with Crippen molar-refractivity contribution in [3.63, 3.8) is 0 Å². The summed E-state index contributed by atoms with van der Waals surface area (Å²) in [5.41, 5.74) is 1.24. The number of hydrogen-bond donors (Lipinski definition) is 0. The summed E-state index contributed by atoms with van der Waals surface area (Å²) in [6, 6.07) is 7.96. The lowest BCUT2D eigenvalue weighted by atomic mass is 10.2. The van der Waals surface area contributed by atoms with E-state index < -0.39 is 0 Å². The molecule has 0 amide bonds. The summed E-state index contributed by atoms with van der Waals surface area (Å²) in [5, 5.41) is 0. The van der Waals surface area contributed by atoms with Crippen LogP contribution < -0.4 is 4.74 Å². The molecule has 1 rings (SSSR count). The van der Waals surface area contributed by atoms with Crippen LogP contribution in [0.15, 0.2) is 60.9 Å². The highest BCUT2D eigenvalue weighted by molar-refractivity contribution is 5.27. The van der Waals surface area contributed by atoms with E-state index in [0.29, 0.717) is 0 Å². The molecule has 1 aromatic carbocycles. The molecule has 0 radical (unpaired) electrons. The van der Waals surface area contributed by atoms with Crippen LogP contribution in [0.1, 0.15) is 12.5 Å². The van der Waals surface area contributed by atoms with Crippen molar-refractivity contribution in [2.45, 2.75) is 13.8 Å². The van der Waals surface area contributed by atoms with Crippen LogP contribution in [-0.4, -0.2) is 0 Å². The fourth-order valence-electron chi connectivity index (χ4n) is 1.02. The summed E-state index contributed by atoms with van der Waals surface area (Å²) < 4.78 is 5.39. The molecule has 0 aliphatic carbocycles. The van der Waals surface area contributed by atoms with Crippen molar-refractivity contribution < 1.29 is 4.74 Å². The van der Waals surface area contributed by atoms with E-state index >= 15 is 0 Å². The first-order valence-electron chi connectivity index (χ1n) is 5.01. The van der Waals surface area contributed by atoms with E-state index in [1.165, 1.54) is 5.56 Å². The third kappa shape index (κ3) is 4.87. The molecule has 1 aromatic rings. The van der Waals surface area contributed by atoms with Crippen molar-refractivity contribution in [1.29, 1.82) is 0 Å². The molecule has 0 aromatic heterocycles. The van der Waals surface area contributed by atoms with E-state index in [0.717, 1.165) is 5.75 Å². The Balaban J connectivity index is 2.40. The van der Waals surface area contributed by atoms with Gasteiger partial charge in [0, 0.05) is 0 Å². The monoisotopic (exact) mass is 200 g/mol. The molecule has 1 heteroatoms. The van der Waals surface area contributed by atoms with Gasteiger partial charge in [0.05, 0.1) is 6.26 Å². The zero-order valence-corrected chi connectivity index (χ0v) is 9.18. The third-order valence-corrected chi connectivity index (χ3v) is 1.83. The predicted octanol–water partition coefficient (Wildman–Crippen LogP) is 4.02. The van der Waals surface area contributed by atoms with Gasteiger partial charge in [0.1, 0.15) is 5.75 Å². The van der Waals surface area contributed by atoms with Crippen molar-refractivity contribution in [3.8, 4) is 5.75 Å². The first-order chi connectivity index (χ1) is 7.33. The number of hydrogen-bond acceptors (Lipinski definition) is 1. The van der Waals surface area contributed by atoms with E-state index in [9.17, 15) is 0 Å². The van der Waals surface area contributed by atoms with Crippen LogP contribution in [0.25, 0.3) is 0 Å². The molecule has 0 aliphatic heterocycles. The van der Waals surface area contributed by atoms with Gasteiger partial charge >= 0.3 is 0 Å². The zero-order valence-electron chi connectivity index (χ0n) is 9.18. The smallest absolute Gasteiger partial charge is 0.126 e. The lowest BCUT2D eigenvalue weighted by Crippen LogP contribution is -1.80. The van der Waals surface area contributed by atoms with Gasteiger partial charge in [-0.25, -0.2) is 0 Å². The van der Waals surface area contributed by atoms with Crippen LogP contribution >= 0.6 is 0 Å². The summed E-state index contributed by atoms with van der Waals surface area (Å²) >= 11 is 0. The van der Waals surface area contributed by atoms with Gasteiger partial charge < -0.3 is 4.74 Å². The molecule has 0 spiro atoms. The predicted molar refractivity (Wildman–Crippen MR) is 64.9 cm³/mol. The highest BCUT2D eigenvalue weighted by Gasteiger charge is 1.87. The first-order valence-corrected chi connectivity index (χ1v) is 5.01. The number of allylic oxidation sites excluding steroid dienone is 5. The maximum atomic E-state index is 5.39. The van der Waals surface area contributed by atoms with Gasteiger partial charge in [0.15, 0.2) is 0 Å². The van der Waals surface area contributed by atoms with E-state index in [1.54, 1.807) is 6.26 Å². The second-order valence-electron chi connectivity index (χ2n) is 3.17. The third-order valence-electron chi connectivity index (χ3n) is 1.83. The highest BCUT2D eigenvalue weighted by Crippen LogP contribution is 2.11. The molecule has 0 fully saturated rings. The molecule has 1 nitrogen and oxygen atoms in total. The largest absolute Gasteiger partial charge is 0.465 e. The number of aryl methyl sites for hydroxylation is 1. The quantitative estimate of drug-likeness (QED) is 0.527. The van der Waals surface area contributed by atoms with Crippen LogP contribution in [0.2, 0.25) is 0 Å². The topological polar surface area (TPSA) is 9.23 Å². The van der Waals surface area contributed by atoms with Gasteiger partial charge in [-0.1, -0.05) is 42.0 Å². The van der Waals surface area contributed by atoms with E-state index in [4.69, 9.17) is 4.74 Å². The summed E-state index contributed by atoms with van der Waals surface area (Å²) in [7, 11) is 0. The average molecular weight is 200 g/mol. The lowest BCUT2D eigenvalue weighted by Gasteiger charge is -1.98. The van der Waals surface area contributed by atoms with Gasteiger partial charge in [-0.15, -0.1) is 0 Å².